The molecule has 1 amide bonds. The molecule has 0 unspecified atom stereocenters. The Morgan fingerprint density at radius 1 is 1.03 bits per heavy atom. The van der Waals surface area contributed by atoms with E-state index in [1.165, 1.54) is 12.1 Å². The van der Waals surface area contributed by atoms with Crippen LogP contribution in [0.15, 0.2) is 24.3 Å². The highest BCUT2D eigenvalue weighted by molar-refractivity contribution is 5.88. The van der Waals surface area contributed by atoms with Gasteiger partial charge in [-0.15, -0.1) is 0 Å². The number of non-ortho nitro benzene ring substituents is 1. The first kappa shape index (κ1) is 30.5. The molecule has 0 saturated carbocycles. The third kappa shape index (κ3) is 8.72. The minimum atomic E-state index is -0.787. The molecule has 0 bridgehead atoms. The van der Waals surface area contributed by atoms with E-state index in [0.29, 0.717) is 45.2 Å². The molecule has 2 heterocycles. The second-order valence-corrected chi connectivity index (χ2v) is 12.2. The Morgan fingerprint density at radius 3 is 2.18 bits per heavy atom. The number of rotatable bonds is 8. The van der Waals surface area contributed by atoms with Gasteiger partial charge in [0.15, 0.2) is 0 Å². The van der Waals surface area contributed by atoms with Crippen LogP contribution in [0.3, 0.4) is 0 Å². The lowest BCUT2D eigenvalue weighted by molar-refractivity contribution is -0.384. The number of hydrogen-bond acceptors (Lipinski definition) is 9. The first-order valence-electron chi connectivity index (χ1n) is 13.7. The molecule has 3 atom stereocenters. The number of esters is 2. The summed E-state index contributed by atoms with van der Waals surface area (Å²) >= 11 is 0. The highest BCUT2D eigenvalue weighted by atomic mass is 16.6. The Bertz CT molecular complexity index is 1050. The third-order valence-corrected chi connectivity index (χ3v) is 6.57. The van der Waals surface area contributed by atoms with E-state index in [9.17, 15) is 24.5 Å². The smallest absolute Gasteiger partial charge is 0.331 e. The SMILES string of the molecule is CC(C)(C)OC(=O)[C@H](CCc1ccc([N+](=O)[O-])cc1)N[C@H]1CCCN2CCC[C@@H](C(=O)OC(C)(C)C)N2C1=O. The number of benzene rings is 1. The quantitative estimate of drug-likeness (QED) is 0.295. The highest BCUT2D eigenvalue weighted by Gasteiger charge is 2.44. The second-order valence-electron chi connectivity index (χ2n) is 12.2. The maximum absolute atomic E-state index is 13.9. The van der Waals surface area contributed by atoms with Crippen molar-refractivity contribution in [3.8, 4) is 0 Å². The zero-order valence-corrected chi connectivity index (χ0v) is 23.9. The van der Waals surface area contributed by atoms with Crippen LogP contribution in [0.2, 0.25) is 0 Å². The molecule has 2 aliphatic heterocycles. The standard InChI is InChI=1S/C28H42N4O7/c1-27(2,3)38-25(34)22(16-13-19-11-14-20(15-12-19)32(36)37)29-21-9-7-17-30-18-8-10-23(31(30)24(21)33)26(35)39-28(4,5)6/h11-12,14-15,21-23,29H,7-10,13,16-18H2,1-6H3/t21-,22-,23-/m0/s1. The Hall–Kier alpha value is -3.05. The van der Waals surface area contributed by atoms with E-state index in [-0.39, 0.29) is 11.6 Å². The van der Waals surface area contributed by atoms with Crippen molar-refractivity contribution in [1.82, 2.24) is 15.3 Å². The molecular formula is C28H42N4O7. The molecule has 11 nitrogen and oxygen atoms in total. The number of carbonyl (C=O) groups excluding carboxylic acids is 3. The van der Waals surface area contributed by atoms with Gasteiger partial charge in [-0.25, -0.2) is 9.80 Å². The van der Waals surface area contributed by atoms with Crippen LogP contribution in [0.4, 0.5) is 5.69 Å². The summed E-state index contributed by atoms with van der Waals surface area (Å²) in [6.07, 6.45) is 3.29. The van der Waals surface area contributed by atoms with Gasteiger partial charge in [-0.3, -0.25) is 30.0 Å². The zero-order valence-electron chi connectivity index (χ0n) is 23.9. The van der Waals surface area contributed by atoms with Gasteiger partial charge in [0.05, 0.1) is 11.0 Å². The van der Waals surface area contributed by atoms with Gasteiger partial charge in [-0.1, -0.05) is 12.1 Å². The number of ether oxygens (including phenoxy) is 2. The van der Waals surface area contributed by atoms with Crippen molar-refractivity contribution < 1.29 is 28.8 Å². The molecule has 3 rings (SSSR count). The number of nitro benzene ring substituents is 1. The number of nitrogens with zero attached hydrogens (tertiary/aromatic N) is 3. The molecule has 2 fully saturated rings. The summed E-state index contributed by atoms with van der Waals surface area (Å²) in [5.41, 5.74) is -0.569. The number of amides is 1. The van der Waals surface area contributed by atoms with E-state index in [1.807, 2.05) is 5.01 Å². The van der Waals surface area contributed by atoms with Crippen LogP contribution < -0.4 is 5.32 Å². The van der Waals surface area contributed by atoms with Crippen molar-refractivity contribution in [2.45, 2.75) is 109 Å². The predicted octanol–water partition coefficient (Wildman–Crippen LogP) is 3.54. The first-order chi connectivity index (χ1) is 18.1. The van der Waals surface area contributed by atoms with Crippen LogP contribution in [0, 0.1) is 10.1 Å². The van der Waals surface area contributed by atoms with Crippen LogP contribution >= 0.6 is 0 Å². The summed E-state index contributed by atoms with van der Waals surface area (Å²) in [6, 6.07) is 4.00. The van der Waals surface area contributed by atoms with Crippen LogP contribution in [-0.4, -0.2) is 75.2 Å². The minimum Gasteiger partial charge on any atom is -0.459 e. The van der Waals surface area contributed by atoms with Gasteiger partial charge in [-0.05, 0) is 85.6 Å². The molecule has 39 heavy (non-hydrogen) atoms. The highest BCUT2D eigenvalue weighted by Crippen LogP contribution is 2.27. The van der Waals surface area contributed by atoms with Crippen LogP contribution in [0.1, 0.15) is 79.2 Å². The molecule has 11 heteroatoms. The maximum atomic E-state index is 13.9. The Morgan fingerprint density at radius 2 is 1.62 bits per heavy atom. The van der Waals surface area contributed by atoms with Crippen molar-refractivity contribution in [3.05, 3.63) is 39.9 Å². The number of hydrazine groups is 1. The Labute approximate surface area is 230 Å². The van der Waals surface area contributed by atoms with Crippen LogP contribution in [-0.2, 0) is 30.3 Å². The molecule has 0 aliphatic carbocycles. The molecular weight excluding hydrogens is 504 g/mol. The van der Waals surface area contributed by atoms with Gasteiger partial charge in [0.2, 0.25) is 0 Å². The van der Waals surface area contributed by atoms with Crippen molar-refractivity contribution in [2.75, 3.05) is 13.1 Å². The van der Waals surface area contributed by atoms with Gasteiger partial charge in [0, 0.05) is 25.2 Å². The van der Waals surface area contributed by atoms with Gasteiger partial charge in [0.1, 0.15) is 23.3 Å². The minimum absolute atomic E-state index is 0.00440. The summed E-state index contributed by atoms with van der Waals surface area (Å²) in [5, 5.41) is 17.7. The van der Waals surface area contributed by atoms with Crippen molar-refractivity contribution >= 4 is 23.5 Å². The van der Waals surface area contributed by atoms with E-state index in [4.69, 9.17) is 9.47 Å². The lowest BCUT2D eigenvalue weighted by Crippen LogP contribution is -2.62. The fraction of sp³-hybridized carbons (Fsp3) is 0.679. The van der Waals surface area contributed by atoms with E-state index in [0.717, 1.165) is 12.0 Å². The summed E-state index contributed by atoms with van der Waals surface area (Å²) in [7, 11) is 0. The topological polar surface area (TPSA) is 131 Å². The van der Waals surface area contributed by atoms with Crippen LogP contribution in [0.5, 0.6) is 0 Å². The number of carbonyl (C=O) groups is 3. The lowest BCUT2D eigenvalue weighted by Gasteiger charge is -2.43. The molecule has 2 aliphatic rings. The lowest BCUT2D eigenvalue weighted by atomic mass is 10.0. The van der Waals surface area contributed by atoms with E-state index in [2.05, 4.69) is 5.32 Å². The number of aryl methyl sites for hydroxylation is 1. The number of nitro groups is 1. The van der Waals surface area contributed by atoms with Crippen molar-refractivity contribution in [3.63, 3.8) is 0 Å². The summed E-state index contributed by atoms with van der Waals surface area (Å²) in [6.45, 7) is 12.1. The molecule has 0 spiro atoms. The van der Waals surface area contributed by atoms with E-state index >= 15 is 0 Å². The molecule has 0 aromatic heterocycles. The fourth-order valence-corrected chi connectivity index (χ4v) is 4.89. The molecule has 2 saturated heterocycles. The average molecular weight is 547 g/mol. The summed E-state index contributed by atoms with van der Waals surface area (Å²) in [4.78, 5) is 50.7. The van der Waals surface area contributed by atoms with Gasteiger partial charge < -0.3 is 9.47 Å². The van der Waals surface area contributed by atoms with Crippen LogP contribution in [0.25, 0.3) is 0 Å². The largest absolute Gasteiger partial charge is 0.459 e. The monoisotopic (exact) mass is 546 g/mol. The predicted molar refractivity (Wildman–Crippen MR) is 144 cm³/mol. The maximum Gasteiger partial charge on any atom is 0.331 e. The first-order valence-corrected chi connectivity index (χ1v) is 13.7. The third-order valence-electron chi connectivity index (χ3n) is 6.57. The molecule has 0 radical (unpaired) electrons. The second kappa shape index (κ2) is 12.4. The van der Waals surface area contributed by atoms with Crippen molar-refractivity contribution in [2.24, 2.45) is 0 Å². The normalized spacial score (nSPS) is 21.5. The molecule has 216 valence electrons. The fourth-order valence-electron chi connectivity index (χ4n) is 4.89. The number of hydrogen-bond donors (Lipinski definition) is 1. The molecule has 1 aromatic rings. The van der Waals surface area contributed by atoms with Gasteiger partial charge in [-0.2, -0.15) is 0 Å². The molecule has 1 N–H and O–H groups in total. The van der Waals surface area contributed by atoms with Gasteiger partial charge >= 0.3 is 11.9 Å². The van der Waals surface area contributed by atoms with E-state index in [1.54, 1.807) is 58.7 Å². The Balaban J connectivity index is 1.80. The average Bonchev–Trinajstić information content (AvgIpc) is 2.98. The zero-order chi connectivity index (χ0) is 29.0. The number of fused-ring (bicyclic) bond motifs is 1. The van der Waals surface area contributed by atoms with E-state index < -0.39 is 46.2 Å². The summed E-state index contributed by atoms with van der Waals surface area (Å²) < 4.78 is 11.3. The summed E-state index contributed by atoms with van der Waals surface area (Å²) in [5.74, 6) is -1.16. The Kier molecular flexibility index (Phi) is 9.71. The van der Waals surface area contributed by atoms with Gasteiger partial charge in [0.25, 0.3) is 11.6 Å². The van der Waals surface area contributed by atoms with Crippen molar-refractivity contribution in [1.29, 1.82) is 0 Å². The molecule has 1 aromatic carbocycles. The number of nitrogens with one attached hydrogen (secondary N) is 1.